The van der Waals surface area contributed by atoms with Crippen LogP contribution in [-0.2, 0) is 14.6 Å². The predicted octanol–water partition coefficient (Wildman–Crippen LogP) is 1.67. The molecule has 1 heterocycles. The van der Waals surface area contributed by atoms with Crippen LogP contribution in [0.15, 0.2) is 0 Å². The van der Waals surface area contributed by atoms with Gasteiger partial charge in [0.25, 0.3) is 0 Å². The first kappa shape index (κ1) is 11.9. The number of hydrogen-bond acceptors (Lipinski definition) is 4. The van der Waals surface area contributed by atoms with Gasteiger partial charge in [-0.05, 0) is 0 Å². The number of hydrogen-bond donors (Lipinski definition) is 0. The van der Waals surface area contributed by atoms with Gasteiger partial charge in [0, 0.05) is 17.9 Å². The molecule has 0 saturated carbocycles. The summed E-state index contributed by atoms with van der Waals surface area (Å²) < 4.78 is 0. The van der Waals surface area contributed by atoms with Gasteiger partial charge in [0.05, 0.1) is 7.11 Å². The van der Waals surface area contributed by atoms with Crippen molar-refractivity contribution in [2.45, 2.75) is 26.4 Å². The fourth-order valence-corrected chi connectivity index (χ4v) is 1.78. The van der Waals surface area contributed by atoms with E-state index in [1.54, 1.807) is 11.8 Å². The van der Waals surface area contributed by atoms with Crippen molar-refractivity contribution >= 4 is 17.5 Å². The normalized spacial score (nSPS) is 22.9. The van der Waals surface area contributed by atoms with E-state index in [0.717, 1.165) is 11.5 Å². The molecule has 3 nitrogen and oxygen atoms in total. The average Bonchev–Trinajstić information content (AvgIpc) is 2.13. The van der Waals surface area contributed by atoms with Crippen LogP contribution in [0.1, 0.15) is 20.3 Å². The van der Waals surface area contributed by atoms with Crippen molar-refractivity contribution in [3.63, 3.8) is 0 Å². The zero-order chi connectivity index (χ0) is 9.40. The Balaban J connectivity index is 0.000000561. The molecule has 1 atom stereocenters. The molecule has 0 aliphatic carbocycles. The molecule has 0 spiro atoms. The second kappa shape index (κ2) is 7.58. The van der Waals surface area contributed by atoms with Crippen LogP contribution in [0.5, 0.6) is 0 Å². The highest BCUT2D eigenvalue weighted by molar-refractivity contribution is 7.99. The van der Waals surface area contributed by atoms with Gasteiger partial charge in [0.2, 0.25) is 0 Å². The highest BCUT2D eigenvalue weighted by Gasteiger charge is 2.23. The summed E-state index contributed by atoms with van der Waals surface area (Å²) in [7, 11) is 1.42. The third kappa shape index (κ3) is 4.09. The molecule has 0 aromatic heterocycles. The smallest absolute Gasteiger partial charge is 0.166 e. The number of rotatable bonds is 2. The van der Waals surface area contributed by atoms with Gasteiger partial charge in [-0.1, -0.05) is 13.8 Å². The first-order valence-electron chi connectivity index (χ1n) is 4.14. The Bertz CT molecular complexity index is 125. The monoisotopic (exact) mass is 192 g/mol. The standard InChI is InChI=1S/C6H10O3S.C2H6/c1-8-9-6-4-10-3-2-5(6)7;1-2/h6H,2-4H2,1H3;1-2H3. The van der Waals surface area contributed by atoms with E-state index in [9.17, 15) is 4.79 Å². The summed E-state index contributed by atoms with van der Waals surface area (Å²) in [6, 6.07) is 0. The van der Waals surface area contributed by atoms with E-state index in [0.29, 0.717) is 6.42 Å². The lowest BCUT2D eigenvalue weighted by Crippen LogP contribution is -2.30. The topological polar surface area (TPSA) is 35.5 Å². The van der Waals surface area contributed by atoms with Gasteiger partial charge >= 0.3 is 0 Å². The summed E-state index contributed by atoms with van der Waals surface area (Å²) in [4.78, 5) is 20.1. The summed E-state index contributed by atoms with van der Waals surface area (Å²) in [5.41, 5.74) is 0. The molecule has 0 aromatic rings. The minimum absolute atomic E-state index is 0.153. The van der Waals surface area contributed by atoms with Gasteiger partial charge in [0.1, 0.15) is 0 Å². The minimum atomic E-state index is -0.330. The summed E-state index contributed by atoms with van der Waals surface area (Å²) >= 11 is 1.72. The van der Waals surface area contributed by atoms with Crippen LogP contribution in [0.3, 0.4) is 0 Å². The number of carbonyl (C=O) groups excluding carboxylic acids is 1. The molecule has 0 N–H and O–H groups in total. The Labute approximate surface area is 77.7 Å². The van der Waals surface area contributed by atoms with Crippen molar-refractivity contribution < 1.29 is 14.6 Å². The fraction of sp³-hybridized carbons (Fsp3) is 0.875. The van der Waals surface area contributed by atoms with Gasteiger partial charge < -0.3 is 0 Å². The Morgan fingerprint density at radius 1 is 1.50 bits per heavy atom. The zero-order valence-electron chi connectivity index (χ0n) is 7.83. The summed E-state index contributed by atoms with van der Waals surface area (Å²) in [6.07, 6.45) is 0.280. The van der Waals surface area contributed by atoms with E-state index < -0.39 is 0 Å². The first-order valence-corrected chi connectivity index (χ1v) is 5.30. The largest absolute Gasteiger partial charge is 0.297 e. The summed E-state index contributed by atoms with van der Waals surface area (Å²) in [6.45, 7) is 4.00. The van der Waals surface area contributed by atoms with Crippen LogP contribution >= 0.6 is 11.8 Å². The molecular formula is C8H16O3S. The molecule has 1 aliphatic heterocycles. The molecular weight excluding hydrogens is 176 g/mol. The molecule has 0 amide bonds. The van der Waals surface area contributed by atoms with Crippen LogP contribution in [0.4, 0.5) is 0 Å². The maximum absolute atomic E-state index is 11.0. The van der Waals surface area contributed by atoms with Crippen molar-refractivity contribution in [2.75, 3.05) is 18.6 Å². The summed E-state index contributed by atoms with van der Waals surface area (Å²) in [5, 5.41) is 0. The van der Waals surface area contributed by atoms with Gasteiger partial charge in [-0.2, -0.15) is 11.8 Å². The predicted molar refractivity (Wildman–Crippen MR) is 50.2 cm³/mol. The van der Waals surface area contributed by atoms with Crippen LogP contribution in [0.2, 0.25) is 0 Å². The van der Waals surface area contributed by atoms with Crippen LogP contribution in [-0.4, -0.2) is 30.5 Å². The molecule has 72 valence electrons. The Morgan fingerprint density at radius 2 is 2.17 bits per heavy atom. The van der Waals surface area contributed by atoms with E-state index in [4.69, 9.17) is 4.89 Å². The van der Waals surface area contributed by atoms with Crippen LogP contribution in [0, 0.1) is 0 Å². The van der Waals surface area contributed by atoms with E-state index in [1.165, 1.54) is 7.11 Å². The SMILES string of the molecule is CC.COOC1CSCCC1=O. The molecule has 0 bridgehead atoms. The third-order valence-corrected chi connectivity index (χ3v) is 2.36. The van der Waals surface area contributed by atoms with E-state index in [2.05, 4.69) is 4.89 Å². The molecule has 0 radical (unpaired) electrons. The molecule has 1 fully saturated rings. The Hall–Kier alpha value is -0.0600. The maximum Gasteiger partial charge on any atom is 0.166 e. The lowest BCUT2D eigenvalue weighted by molar-refractivity contribution is -0.291. The molecule has 1 aliphatic rings. The van der Waals surface area contributed by atoms with Crippen LogP contribution in [0.25, 0.3) is 0 Å². The Morgan fingerprint density at radius 3 is 2.67 bits per heavy atom. The lowest BCUT2D eigenvalue weighted by Gasteiger charge is -2.17. The molecule has 4 heteroatoms. The molecule has 0 aromatic carbocycles. The minimum Gasteiger partial charge on any atom is -0.297 e. The fourth-order valence-electron chi connectivity index (χ4n) is 0.815. The molecule has 1 unspecified atom stereocenters. The lowest BCUT2D eigenvalue weighted by atomic mass is 10.2. The second-order valence-corrected chi connectivity index (χ2v) is 3.19. The highest BCUT2D eigenvalue weighted by Crippen LogP contribution is 2.16. The number of thioether (sulfide) groups is 1. The van der Waals surface area contributed by atoms with Crippen molar-refractivity contribution in [1.29, 1.82) is 0 Å². The van der Waals surface area contributed by atoms with Gasteiger partial charge in [-0.3, -0.25) is 4.79 Å². The summed E-state index contributed by atoms with van der Waals surface area (Å²) in [5.74, 6) is 1.80. The van der Waals surface area contributed by atoms with Crippen molar-refractivity contribution in [2.24, 2.45) is 0 Å². The van der Waals surface area contributed by atoms with E-state index in [-0.39, 0.29) is 11.9 Å². The van der Waals surface area contributed by atoms with Crippen molar-refractivity contribution in [3.05, 3.63) is 0 Å². The van der Waals surface area contributed by atoms with Crippen LogP contribution < -0.4 is 0 Å². The van der Waals surface area contributed by atoms with Gasteiger partial charge in [-0.25, -0.2) is 9.78 Å². The van der Waals surface area contributed by atoms with E-state index in [1.807, 2.05) is 13.8 Å². The quantitative estimate of drug-likeness (QED) is 0.492. The van der Waals surface area contributed by atoms with E-state index >= 15 is 0 Å². The first-order chi connectivity index (χ1) is 5.84. The van der Waals surface area contributed by atoms with Crippen molar-refractivity contribution in [3.8, 4) is 0 Å². The van der Waals surface area contributed by atoms with Gasteiger partial charge in [0.15, 0.2) is 11.9 Å². The number of ketones is 1. The molecule has 1 rings (SSSR count). The molecule has 12 heavy (non-hydrogen) atoms. The number of carbonyl (C=O) groups is 1. The number of Topliss-reactive ketones (excluding diaryl/α,β-unsaturated/α-hetero) is 1. The second-order valence-electron chi connectivity index (χ2n) is 2.04. The molecule has 1 saturated heterocycles. The zero-order valence-corrected chi connectivity index (χ0v) is 8.65. The highest BCUT2D eigenvalue weighted by atomic mass is 32.2. The third-order valence-electron chi connectivity index (χ3n) is 1.33. The average molecular weight is 192 g/mol. The van der Waals surface area contributed by atoms with Gasteiger partial charge in [-0.15, -0.1) is 0 Å². The Kier molecular flexibility index (Phi) is 7.54. The maximum atomic E-state index is 11.0. The van der Waals surface area contributed by atoms with Crippen molar-refractivity contribution in [1.82, 2.24) is 0 Å².